The van der Waals surface area contributed by atoms with E-state index in [1.54, 1.807) is 30.3 Å². The van der Waals surface area contributed by atoms with E-state index < -0.39 is 5.91 Å². The number of para-hydroxylation sites is 1. The highest BCUT2D eigenvalue weighted by Gasteiger charge is 2.16. The first-order valence-electron chi connectivity index (χ1n) is 8.54. The maximum Gasteiger partial charge on any atom is 0.261 e. The first-order chi connectivity index (χ1) is 13.4. The number of rotatable bonds is 2. The topological polar surface area (TPSA) is 74.8 Å². The van der Waals surface area contributed by atoms with Gasteiger partial charge in [0.25, 0.3) is 5.91 Å². The third kappa shape index (κ3) is 3.03. The summed E-state index contributed by atoms with van der Waals surface area (Å²) in [7, 11) is 0. The van der Waals surface area contributed by atoms with Crippen LogP contribution in [-0.4, -0.2) is 15.9 Å². The van der Waals surface area contributed by atoms with E-state index in [1.165, 1.54) is 6.20 Å². The molecule has 140 valence electrons. The van der Waals surface area contributed by atoms with Crippen molar-refractivity contribution in [3.63, 3.8) is 0 Å². The van der Waals surface area contributed by atoms with E-state index in [0.717, 1.165) is 5.56 Å². The van der Waals surface area contributed by atoms with Crippen LogP contribution in [-0.2, 0) is 0 Å². The van der Waals surface area contributed by atoms with E-state index in [0.29, 0.717) is 43.2 Å². The summed E-state index contributed by atoms with van der Waals surface area (Å²) in [6.45, 7) is 3.63. The minimum atomic E-state index is -0.511. The van der Waals surface area contributed by atoms with Gasteiger partial charge in [0.1, 0.15) is 5.56 Å². The van der Waals surface area contributed by atoms with Gasteiger partial charge in [-0.05, 0) is 43.7 Å². The molecule has 0 aliphatic heterocycles. The number of nitrogens with zero attached hydrogens (tertiary/aromatic N) is 1. The van der Waals surface area contributed by atoms with Gasteiger partial charge in [0.15, 0.2) is 0 Å². The molecule has 2 heterocycles. The lowest BCUT2D eigenvalue weighted by Crippen LogP contribution is -2.22. The van der Waals surface area contributed by atoms with Gasteiger partial charge in [0, 0.05) is 27.7 Å². The molecular weight excluding hydrogens is 397 g/mol. The summed E-state index contributed by atoms with van der Waals surface area (Å²) in [5.74, 6) is -0.511. The summed E-state index contributed by atoms with van der Waals surface area (Å²) >= 11 is 12.3. The number of benzene rings is 2. The molecule has 0 saturated carbocycles. The van der Waals surface area contributed by atoms with Crippen LogP contribution < -0.4 is 10.7 Å². The lowest BCUT2D eigenvalue weighted by atomic mass is 10.1. The average Bonchev–Trinajstić information content (AvgIpc) is 2.66. The highest BCUT2D eigenvalue weighted by molar-refractivity contribution is 6.35. The second-order valence-electron chi connectivity index (χ2n) is 6.53. The number of pyridine rings is 2. The standard InChI is InChI=1S/C21H15Cl2N3O2/c1-10-8-17(12-4-3-5-16(23)19(12)25-10)26-21(28)14-9-24-18-11(2)15(22)7-6-13(18)20(14)27/h3-9H,1-2H3,(H,24,27)(H,25,26,28). The summed E-state index contributed by atoms with van der Waals surface area (Å²) in [4.78, 5) is 33.2. The lowest BCUT2D eigenvalue weighted by Gasteiger charge is -2.11. The molecule has 4 rings (SSSR count). The molecule has 4 aromatic rings. The molecule has 0 atom stereocenters. The Morgan fingerprint density at radius 3 is 2.64 bits per heavy atom. The number of fused-ring (bicyclic) bond motifs is 2. The average molecular weight is 412 g/mol. The van der Waals surface area contributed by atoms with Crippen LogP contribution in [0.25, 0.3) is 21.8 Å². The van der Waals surface area contributed by atoms with Gasteiger partial charge in [-0.15, -0.1) is 0 Å². The number of hydrogen-bond donors (Lipinski definition) is 2. The third-order valence-electron chi connectivity index (χ3n) is 4.66. The molecule has 28 heavy (non-hydrogen) atoms. The molecule has 0 unspecified atom stereocenters. The Morgan fingerprint density at radius 1 is 1.07 bits per heavy atom. The molecule has 2 N–H and O–H groups in total. The van der Waals surface area contributed by atoms with Gasteiger partial charge in [-0.2, -0.15) is 0 Å². The molecule has 1 amide bonds. The van der Waals surface area contributed by atoms with Crippen LogP contribution in [0.5, 0.6) is 0 Å². The Kier molecular flexibility index (Phi) is 4.57. The van der Waals surface area contributed by atoms with Crippen LogP contribution in [0.3, 0.4) is 0 Å². The first-order valence-corrected chi connectivity index (χ1v) is 9.30. The Labute approximate surface area is 170 Å². The van der Waals surface area contributed by atoms with Crippen molar-refractivity contribution < 1.29 is 4.79 Å². The molecule has 0 fully saturated rings. The van der Waals surface area contributed by atoms with Crippen LogP contribution in [0, 0.1) is 13.8 Å². The quantitative estimate of drug-likeness (QED) is 0.472. The highest BCUT2D eigenvalue weighted by Crippen LogP contribution is 2.29. The molecule has 7 heteroatoms. The molecule has 0 radical (unpaired) electrons. The minimum Gasteiger partial charge on any atom is -0.360 e. The third-order valence-corrected chi connectivity index (χ3v) is 5.37. The van der Waals surface area contributed by atoms with Crippen LogP contribution in [0.4, 0.5) is 5.69 Å². The molecule has 0 spiro atoms. The second-order valence-corrected chi connectivity index (χ2v) is 7.34. The number of nitrogens with one attached hydrogen (secondary N) is 2. The summed E-state index contributed by atoms with van der Waals surface area (Å²) in [5.41, 5.74) is 2.87. The monoisotopic (exact) mass is 411 g/mol. The predicted molar refractivity (Wildman–Crippen MR) is 114 cm³/mol. The van der Waals surface area contributed by atoms with Crippen molar-refractivity contribution in [2.75, 3.05) is 5.32 Å². The van der Waals surface area contributed by atoms with Gasteiger partial charge >= 0.3 is 0 Å². The number of carbonyl (C=O) groups is 1. The van der Waals surface area contributed by atoms with E-state index in [2.05, 4.69) is 15.3 Å². The minimum absolute atomic E-state index is 0.0128. The number of hydrogen-bond acceptors (Lipinski definition) is 3. The van der Waals surface area contributed by atoms with Crippen LogP contribution >= 0.6 is 23.2 Å². The number of aromatic amines is 1. The van der Waals surface area contributed by atoms with E-state index in [4.69, 9.17) is 23.2 Å². The number of amides is 1. The summed E-state index contributed by atoms with van der Waals surface area (Å²) in [6.07, 6.45) is 1.41. The van der Waals surface area contributed by atoms with Gasteiger partial charge in [-0.3, -0.25) is 14.6 Å². The summed E-state index contributed by atoms with van der Waals surface area (Å²) in [5, 5.41) is 4.97. The summed E-state index contributed by atoms with van der Waals surface area (Å²) < 4.78 is 0. The van der Waals surface area contributed by atoms with Crippen molar-refractivity contribution in [2.24, 2.45) is 0 Å². The predicted octanol–water partition coefficient (Wildman–Crippen LogP) is 5.25. The number of aromatic nitrogens is 2. The molecule has 0 saturated heterocycles. The second kappa shape index (κ2) is 6.93. The first kappa shape index (κ1) is 18.5. The molecule has 5 nitrogen and oxygen atoms in total. The van der Waals surface area contributed by atoms with Crippen molar-refractivity contribution in [3.8, 4) is 0 Å². The van der Waals surface area contributed by atoms with Gasteiger partial charge in [-0.1, -0.05) is 35.3 Å². The van der Waals surface area contributed by atoms with Gasteiger partial charge in [-0.25, -0.2) is 0 Å². The lowest BCUT2D eigenvalue weighted by molar-refractivity contribution is 0.102. The number of anilines is 1. The zero-order chi connectivity index (χ0) is 20.0. The Balaban J connectivity index is 1.81. The van der Waals surface area contributed by atoms with Crippen molar-refractivity contribution in [1.82, 2.24) is 9.97 Å². The van der Waals surface area contributed by atoms with E-state index in [9.17, 15) is 9.59 Å². The molecule has 0 bridgehead atoms. The number of aryl methyl sites for hydroxylation is 2. The SMILES string of the molecule is Cc1cc(NC(=O)c2c[nH]c3c(C)c(Cl)ccc3c2=O)c2cccc(Cl)c2n1. The number of carbonyl (C=O) groups excluding carboxylic acids is 1. The maximum atomic E-state index is 12.9. The van der Waals surface area contributed by atoms with E-state index in [1.807, 2.05) is 19.9 Å². The fourth-order valence-electron chi connectivity index (χ4n) is 3.22. The summed E-state index contributed by atoms with van der Waals surface area (Å²) in [6, 6.07) is 10.4. The Bertz CT molecular complexity index is 1330. The zero-order valence-electron chi connectivity index (χ0n) is 15.1. The number of halogens is 2. The fraction of sp³-hybridized carbons (Fsp3) is 0.0952. The van der Waals surface area contributed by atoms with Crippen molar-refractivity contribution in [1.29, 1.82) is 0 Å². The normalized spacial score (nSPS) is 11.1. The zero-order valence-corrected chi connectivity index (χ0v) is 16.6. The van der Waals surface area contributed by atoms with E-state index >= 15 is 0 Å². The van der Waals surface area contributed by atoms with E-state index in [-0.39, 0.29) is 11.0 Å². The Morgan fingerprint density at radius 2 is 1.86 bits per heavy atom. The van der Waals surface area contributed by atoms with Crippen molar-refractivity contribution >= 4 is 56.6 Å². The molecule has 0 aliphatic carbocycles. The van der Waals surface area contributed by atoms with Gasteiger partial charge in [0.05, 0.1) is 21.7 Å². The van der Waals surface area contributed by atoms with Crippen LogP contribution in [0.2, 0.25) is 10.0 Å². The highest BCUT2D eigenvalue weighted by atomic mass is 35.5. The molecule has 2 aromatic carbocycles. The smallest absolute Gasteiger partial charge is 0.261 e. The van der Waals surface area contributed by atoms with Gasteiger partial charge in [0.2, 0.25) is 5.43 Å². The molecule has 2 aromatic heterocycles. The maximum absolute atomic E-state index is 12.9. The fourth-order valence-corrected chi connectivity index (χ4v) is 3.59. The molecular formula is C21H15Cl2N3O2. The van der Waals surface area contributed by atoms with Crippen molar-refractivity contribution in [3.05, 3.63) is 79.7 Å². The molecule has 0 aliphatic rings. The Hall–Kier alpha value is -2.89. The number of H-pyrrole nitrogens is 1. The van der Waals surface area contributed by atoms with Crippen molar-refractivity contribution in [2.45, 2.75) is 13.8 Å². The largest absolute Gasteiger partial charge is 0.360 e. The van der Waals surface area contributed by atoms with Crippen LogP contribution in [0.15, 0.2) is 47.4 Å². The van der Waals surface area contributed by atoms with Gasteiger partial charge < -0.3 is 10.3 Å². The van der Waals surface area contributed by atoms with Crippen LogP contribution in [0.1, 0.15) is 21.6 Å².